The Bertz CT molecular complexity index is 760. The Hall–Kier alpha value is -2.42. The lowest BCUT2D eigenvalue weighted by atomic mass is 10.0. The summed E-state index contributed by atoms with van der Waals surface area (Å²) >= 11 is 0. The van der Waals surface area contributed by atoms with Gasteiger partial charge in [-0.3, -0.25) is 0 Å². The normalized spacial score (nSPS) is 10.9. The van der Waals surface area contributed by atoms with Crippen LogP contribution in [0.3, 0.4) is 0 Å². The zero-order valence-electron chi connectivity index (χ0n) is 13.9. The monoisotopic (exact) mass is 305 g/mol. The van der Waals surface area contributed by atoms with Crippen LogP contribution in [-0.4, -0.2) is 15.0 Å². The standard InChI is InChI=1S/C20H23N3/c1-3-4-14-19-20(18-13-9-8-10-16(18)2)23(22-21-19)15-17-11-6-5-7-12-17/h5-13H,3-4,14-15H2,1-2H3. The zero-order valence-corrected chi connectivity index (χ0v) is 13.9. The summed E-state index contributed by atoms with van der Waals surface area (Å²) in [5.41, 5.74) is 6.02. The summed E-state index contributed by atoms with van der Waals surface area (Å²) < 4.78 is 2.04. The summed E-state index contributed by atoms with van der Waals surface area (Å²) in [6.45, 7) is 5.12. The predicted molar refractivity (Wildman–Crippen MR) is 94.4 cm³/mol. The van der Waals surface area contributed by atoms with Crippen molar-refractivity contribution < 1.29 is 0 Å². The van der Waals surface area contributed by atoms with Gasteiger partial charge in [-0.05, 0) is 30.9 Å². The van der Waals surface area contributed by atoms with Crippen molar-refractivity contribution in [2.75, 3.05) is 0 Å². The molecule has 0 aliphatic heterocycles. The molecule has 2 aromatic carbocycles. The summed E-state index contributed by atoms with van der Waals surface area (Å²) in [6.07, 6.45) is 3.29. The maximum Gasteiger partial charge on any atom is 0.0924 e. The van der Waals surface area contributed by atoms with Crippen LogP contribution in [0.2, 0.25) is 0 Å². The SMILES string of the molecule is CCCCc1nnn(Cc2ccccc2)c1-c1ccccc1C. The topological polar surface area (TPSA) is 30.7 Å². The van der Waals surface area contributed by atoms with Crippen molar-refractivity contribution in [3.8, 4) is 11.3 Å². The Morgan fingerprint density at radius 3 is 2.43 bits per heavy atom. The van der Waals surface area contributed by atoms with Crippen LogP contribution in [0.1, 0.15) is 36.6 Å². The molecular weight excluding hydrogens is 282 g/mol. The fraction of sp³-hybridized carbons (Fsp3) is 0.300. The zero-order chi connectivity index (χ0) is 16.1. The molecule has 0 aliphatic carbocycles. The summed E-state index contributed by atoms with van der Waals surface area (Å²) in [4.78, 5) is 0. The third-order valence-electron chi connectivity index (χ3n) is 4.15. The van der Waals surface area contributed by atoms with Crippen molar-refractivity contribution in [3.05, 3.63) is 71.4 Å². The second-order valence-corrected chi connectivity index (χ2v) is 5.95. The minimum absolute atomic E-state index is 0.754. The van der Waals surface area contributed by atoms with Crippen molar-refractivity contribution in [2.24, 2.45) is 0 Å². The van der Waals surface area contributed by atoms with Gasteiger partial charge in [-0.1, -0.05) is 73.2 Å². The van der Waals surface area contributed by atoms with E-state index in [0.29, 0.717) is 0 Å². The second-order valence-electron chi connectivity index (χ2n) is 5.95. The van der Waals surface area contributed by atoms with Gasteiger partial charge in [-0.25, -0.2) is 4.68 Å². The van der Waals surface area contributed by atoms with E-state index in [0.717, 1.165) is 25.1 Å². The van der Waals surface area contributed by atoms with E-state index < -0.39 is 0 Å². The highest BCUT2D eigenvalue weighted by atomic mass is 15.4. The van der Waals surface area contributed by atoms with E-state index in [1.54, 1.807) is 0 Å². The van der Waals surface area contributed by atoms with Crippen LogP contribution in [0.4, 0.5) is 0 Å². The van der Waals surface area contributed by atoms with Crippen molar-refractivity contribution in [3.63, 3.8) is 0 Å². The summed E-state index contributed by atoms with van der Waals surface area (Å²) in [6, 6.07) is 18.9. The van der Waals surface area contributed by atoms with E-state index in [2.05, 4.69) is 72.7 Å². The first kappa shape index (κ1) is 15.5. The lowest BCUT2D eigenvalue weighted by Crippen LogP contribution is -2.05. The van der Waals surface area contributed by atoms with Crippen molar-refractivity contribution in [2.45, 2.75) is 39.7 Å². The summed E-state index contributed by atoms with van der Waals surface area (Å²) in [7, 11) is 0. The van der Waals surface area contributed by atoms with E-state index in [4.69, 9.17) is 0 Å². The van der Waals surface area contributed by atoms with Crippen LogP contribution in [0.15, 0.2) is 54.6 Å². The average Bonchev–Trinajstić information content (AvgIpc) is 2.97. The Labute approximate surface area is 138 Å². The molecule has 0 amide bonds. The molecule has 23 heavy (non-hydrogen) atoms. The fourth-order valence-corrected chi connectivity index (χ4v) is 2.86. The Balaban J connectivity index is 2.03. The number of aromatic nitrogens is 3. The highest BCUT2D eigenvalue weighted by molar-refractivity contribution is 5.66. The van der Waals surface area contributed by atoms with Crippen molar-refractivity contribution in [1.82, 2.24) is 15.0 Å². The number of nitrogens with zero attached hydrogens (tertiary/aromatic N) is 3. The molecule has 3 heteroatoms. The first-order chi connectivity index (χ1) is 11.3. The Kier molecular flexibility index (Phi) is 4.86. The molecule has 1 aromatic heterocycles. The highest BCUT2D eigenvalue weighted by Crippen LogP contribution is 2.27. The lowest BCUT2D eigenvalue weighted by molar-refractivity contribution is 0.654. The third-order valence-corrected chi connectivity index (χ3v) is 4.15. The molecule has 0 fully saturated rings. The van der Waals surface area contributed by atoms with Crippen LogP contribution in [0.25, 0.3) is 11.3 Å². The van der Waals surface area contributed by atoms with Gasteiger partial charge in [-0.15, -0.1) is 5.10 Å². The Morgan fingerprint density at radius 2 is 1.70 bits per heavy atom. The second kappa shape index (κ2) is 7.23. The molecule has 3 nitrogen and oxygen atoms in total. The highest BCUT2D eigenvalue weighted by Gasteiger charge is 2.16. The number of unbranched alkanes of at least 4 members (excludes halogenated alkanes) is 1. The average molecular weight is 305 g/mol. The Morgan fingerprint density at radius 1 is 0.957 bits per heavy atom. The van der Waals surface area contributed by atoms with E-state index in [-0.39, 0.29) is 0 Å². The number of aryl methyl sites for hydroxylation is 2. The molecule has 0 saturated heterocycles. The van der Waals surface area contributed by atoms with Gasteiger partial charge >= 0.3 is 0 Å². The fourth-order valence-electron chi connectivity index (χ4n) is 2.86. The molecule has 0 aliphatic rings. The first-order valence-corrected chi connectivity index (χ1v) is 8.32. The molecular formula is C20H23N3. The number of hydrogen-bond acceptors (Lipinski definition) is 2. The summed E-state index contributed by atoms with van der Waals surface area (Å²) in [5.74, 6) is 0. The van der Waals surface area contributed by atoms with Gasteiger partial charge in [-0.2, -0.15) is 0 Å². The van der Waals surface area contributed by atoms with Gasteiger partial charge in [0.1, 0.15) is 0 Å². The van der Waals surface area contributed by atoms with E-state index in [9.17, 15) is 0 Å². The minimum atomic E-state index is 0.754. The first-order valence-electron chi connectivity index (χ1n) is 8.32. The molecule has 118 valence electrons. The summed E-state index contributed by atoms with van der Waals surface area (Å²) in [5, 5.41) is 8.93. The van der Waals surface area contributed by atoms with Gasteiger partial charge in [0, 0.05) is 5.56 Å². The third kappa shape index (κ3) is 3.50. The molecule has 3 rings (SSSR count). The predicted octanol–water partition coefficient (Wildman–Crippen LogP) is 4.64. The molecule has 0 spiro atoms. The van der Waals surface area contributed by atoms with Crippen LogP contribution in [-0.2, 0) is 13.0 Å². The molecule has 0 bridgehead atoms. The van der Waals surface area contributed by atoms with Gasteiger partial charge < -0.3 is 0 Å². The van der Waals surface area contributed by atoms with Gasteiger partial charge in [0.05, 0.1) is 17.9 Å². The van der Waals surface area contributed by atoms with Gasteiger partial charge in [0.25, 0.3) is 0 Å². The van der Waals surface area contributed by atoms with Crippen LogP contribution in [0.5, 0.6) is 0 Å². The lowest BCUT2D eigenvalue weighted by Gasteiger charge is -2.11. The molecule has 1 heterocycles. The van der Waals surface area contributed by atoms with Gasteiger partial charge in [0.2, 0.25) is 0 Å². The number of rotatable bonds is 6. The van der Waals surface area contributed by atoms with Crippen molar-refractivity contribution >= 4 is 0 Å². The molecule has 0 unspecified atom stereocenters. The minimum Gasteiger partial charge on any atom is -0.240 e. The van der Waals surface area contributed by atoms with Crippen molar-refractivity contribution in [1.29, 1.82) is 0 Å². The van der Waals surface area contributed by atoms with Crippen LogP contribution < -0.4 is 0 Å². The molecule has 0 N–H and O–H groups in total. The number of hydrogen-bond donors (Lipinski definition) is 0. The van der Waals surface area contributed by atoms with E-state index in [1.807, 2.05) is 10.7 Å². The van der Waals surface area contributed by atoms with Gasteiger partial charge in [0.15, 0.2) is 0 Å². The van der Waals surface area contributed by atoms with E-state index >= 15 is 0 Å². The van der Waals surface area contributed by atoms with Crippen LogP contribution in [0, 0.1) is 6.92 Å². The molecule has 0 atom stereocenters. The maximum absolute atomic E-state index is 4.48. The molecule has 0 saturated carbocycles. The quantitative estimate of drug-likeness (QED) is 0.664. The van der Waals surface area contributed by atoms with E-state index in [1.165, 1.54) is 28.8 Å². The van der Waals surface area contributed by atoms with Crippen LogP contribution >= 0.6 is 0 Å². The maximum atomic E-state index is 4.48. The smallest absolute Gasteiger partial charge is 0.0924 e. The number of benzene rings is 2. The largest absolute Gasteiger partial charge is 0.240 e. The molecule has 0 radical (unpaired) electrons. The molecule has 3 aromatic rings.